The quantitative estimate of drug-likeness (QED) is 0.709. The lowest BCUT2D eigenvalue weighted by atomic mass is 10.2. The molecule has 24 heavy (non-hydrogen) atoms. The van der Waals surface area contributed by atoms with Crippen molar-refractivity contribution in [1.82, 2.24) is 25.1 Å². The second-order valence-corrected chi connectivity index (χ2v) is 6.19. The zero-order chi connectivity index (χ0) is 16.9. The summed E-state index contributed by atoms with van der Waals surface area (Å²) >= 11 is 7.31. The van der Waals surface area contributed by atoms with Crippen LogP contribution in [0.2, 0.25) is 5.02 Å². The second-order valence-electron chi connectivity index (χ2n) is 4.82. The molecule has 0 bridgehead atoms. The number of amides is 1. The van der Waals surface area contributed by atoms with Gasteiger partial charge in [0.15, 0.2) is 11.0 Å². The summed E-state index contributed by atoms with van der Waals surface area (Å²) in [5, 5.41) is 12.4. The maximum atomic E-state index is 11.5. The predicted molar refractivity (Wildman–Crippen MR) is 94.4 cm³/mol. The highest BCUT2D eigenvalue weighted by molar-refractivity contribution is 7.99. The molecule has 0 atom stereocenters. The molecule has 0 aliphatic carbocycles. The van der Waals surface area contributed by atoms with Crippen LogP contribution < -0.4 is 5.32 Å². The molecular weight excluding hydrogens is 346 g/mol. The van der Waals surface area contributed by atoms with Crippen molar-refractivity contribution in [3.05, 3.63) is 53.8 Å². The van der Waals surface area contributed by atoms with E-state index in [1.54, 1.807) is 31.6 Å². The van der Waals surface area contributed by atoms with E-state index in [0.29, 0.717) is 16.0 Å². The highest BCUT2D eigenvalue weighted by Gasteiger charge is 2.17. The van der Waals surface area contributed by atoms with E-state index in [9.17, 15) is 4.79 Å². The highest BCUT2D eigenvalue weighted by atomic mass is 35.5. The normalized spacial score (nSPS) is 10.6. The minimum Gasteiger partial charge on any atom is -0.358 e. The monoisotopic (exact) mass is 359 g/mol. The molecule has 3 aromatic rings. The Bertz CT molecular complexity index is 835. The summed E-state index contributed by atoms with van der Waals surface area (Å²) in [5.41, 5.74) is 1.76. The van der Waals surface area contributed by atoms with E-state index in [4.69, 9.17) is 11.6 Å². The van der Waals surface area contributed by atoms with Crippen molar-refractivity contribution in [3.8, 4) is 17.1 Å². The van der Waals surface area contributed by atoms with Gasteiger partial charge < -0.3 is 5.32 Å². The number of halogens is 1. The molecule has 0 unspecified atom stereocenters. The van der Waals surface area contributed by atoms with Gasteiger partial charge in [0.25, 0.3) is 0 Å². The van der Waals surface area contributed by atoms with Crippen LogP contribution in [-0.2, 0) is 4.79 Å². The first-order valence-electron chi connectivity index (χ1n) is 7.14. The number of benzene rings is 1. The average molecular weight is 360 g/mol. The van der Waals surface area contributed by atoms with Crippen LogP contribution in [0.1, 0.15) is 0 Å². The maximum absolute atomic E-state index is 11.5. The van der Waals surface area contributed by atoms with E-state index < -0.39 is 0 Å². The number of carbonyl (C=O) groups excluding carboxylic acids is 1. The zero-order valence-electron chi connectivity index (χ0n) is 12.8. The van der Waals surface area contributed by atoms with Gasteiger partial charge in [-0.3, -0.25) is 14.3 Å². The molecule has 1 amide bonds. The van der Waals surface area contributed by atoms with Crippen LogP contribution in [0.25, 0.3) is 17.1 Å². The third-order valence-corrected chi connectivity index (χ3v) is 4.45. The van der Waals surface area contributed by atoms with Crippen molar-refractivity contribution in [1.29, 1.82) is 0 Å². The Hall–Kier alpha value is -2.38. The van der Waals surface area contributed by atoms with E-state index in [-0.39, 0.29) is 11.7 Å². The number of carbonyl (C=O) groups is 1. The summed E-state index contributed by atoms with van der Waals surface area (Å²) in [6, 6.07) is 11.1. The standard InChI is InChI=1S/C16H14ClN5OS/c1-18-14(23)10-24-16-21-20-15(11-6-8-19-9-7-11)22(16)13-4-2-12(17)3-5-13/h2-9H,10H2,1H3,(H,18,23). The fourth-order valence-corrected chi connectivity index (χ4v) is 3.03. The van der Waals surface area contributed by atoms with E-state index in [1.165, 1.54) is 11.8 Å². The fraction of sp³-hybridized carbons (Fsp3) is 0.125. The molecule has 6 nitrogen and oxygen atoms in total. The van der Waals surface area contributed by atoms with Gasteiger partial charge >= 0.3 is 0 Å². The molecular formula is C16H14ClN5OS. The van der Waals surface area contributed by atoms with Crippen LogP contribution in [0, 0.1) is 0 Å². The van der Waals surface area contributed by atoms with Gasteiger partial charge in [-0.25, -0.2) is 0 Å². The number of nitrogens with one attached hydrogen (secondary N) is 1. The Labute approximate surface area is 148 Å². The molecule has 0 radical (unpaired) electrons. The molecule has 0 spiro atoms. The SMILES string of the molecule is CNC(=O)CSc1nnc(-c2ccncc2)n1-c1ccc(Cl)cc1. The molecule has 1 N–H and O–H groups in total. The number of pyridine rings is 1. The third-order valence-electron chi connectivity index (χ3n) is 3.27. The fourth-order valence-electron chi connectivity index (χ4n) is 2.08. The van der Waals surface area contributed by atoms with Gasteiger partial charge in [-0.1, -0.05) is 23.4 Å². The van der Waals surface area contributed by atoms with Crippen molar-refractivity contribution in [2.75, 3.05) is 12.8 Å². The summed E-state index contributed by atoms with van der Waals surface area (Å²) in [7, 11) is 1.61. The van der Waals surface area contributed by atoms with Crippen LogP contribution >= 0.6 is 23.4 Å². The molecule has 0 saturated heterocycles. The largest absolute Gasteiger partial charge is 0.358 e. The number of hydrogen-bond acceptors (Lipinski definition) is 5. The first kappa shape index (κ1) is 16.5. The number of hydrogen-bond donors (Lipinski definition) is 1. The van der Waals surface area contributed by atoms with Gasteiger partial charge in [0.05, 0.1) is 5.75 Å². The van der Waals surface area contributed by atoms with Crippen molar-refractivity contribution < 1.29 is 4.79 Å². The van der Waals surface area contributed by atoms with Crippen LogP contribution in [0.5, 0.6) is 0 Å². The van der Waals surface area contributed by atoms with Crippen LogP contribution in [0.15, 0.2) is 53.9 Å². The molecule has 0 fully saturated rings. The first-order valence-corrected chi connectivity index (χ1v) is 8.50. The van der Waals surface area contributed by atoms with E-state index in [0.717, 1.165) is 11.3 Å². The first-order chi connectivity index (χ1) is 11.7. The van der Waals surface area contributed by atoms with Gasteiger partial charge in [0.2, 0.25) is 5.91 Å². The molecule has 122 valence electrons. The van der Waals surface area contributed by atoms with Crippen LogP contribution in [0.4, 0.5) is 0 Å². The van der Waals surface area contributed by atoms with Gasteiger partial charge in [0, 0.05) is 35.7 Å². The number of nitrogens with zero attached hydrogens (tertiary/aromatic N) is 4. The van der Waals surface area contributed by atoms with Gasteiger partial charge in [-0.15, -0.1) is 10.2 Å². The highest BCUT2D eigenvalue weighted by Crippen LogP contribution is 2.28. The van der Waals surface area contributed by atoms with Crippen molar-refractivity contribution in [2.45, 2.75) is 5.16 Å². The van der Waals surface area contributed by atoms with Crippen molar-refractivity contribution >= 4 is 29.3 Å². The average Bonchev–Trinajstić information content (AvgIpc) is 3.05. The number of thioether (sulfide) groups is 1. The lowest BCUT2D eigenvalue weighted by molar-refractivity contribution is -0.118. The van der Waals surface area contributed by atoms with Gasteiger partial charge in [-0.05, 0) is 36.4 Å². The Morgan fingerprint density at radius 1 is 1.17 bits per heavy atom. The van der Waals surface area contributed by atoms with E-state index >= 15 is 0 Å². The molecule has 8 heteroatoms. The van der Waals surface area contributed by atoms with E-state index in [1.807, 2.05) is 28.8 Å². The lowest BCUT2D eigenvalue weighted by Gasteiger charge is -2.10. The summed E-state index contributed by atoms with van der Waals surface area (Å²) in [5.74, 6) is 0.869. The molecule has 0 aliphatic heterocycles. The van der Waals surface area contributed by atoms with E-state index in [2.05, 4.69) is 20.5 Å². The second kappa shape index (κ2) is 7.46. The molecule has 0 saturated carbocycles. The maximum Gasteiger partial charge on any atom is 0.230 e. The molecule has 0 aliphatic rings. The summed E-state index contributed by atoms with van der Waals surface area (Å²) in [6.07, 6.45) is 3.40. The summed E-state index contributed by atoms with van der Waals surface area (Å²) in [4.78, 5) is 15.6. The summed E-state index contributed by atoms with van der Waals surface area (Å²) < 4.78 is 1.90. The van der Waals surface area contributed by atoms with Crippen molar-refractivity contribution in [3.63, 3.8) is 0 Å². The van der Waals surface area contributed by atoms with Crippen molar-refractivity contribution in [2.24, 2.45) is 0 Å². The molecule has 2 aromatic heterocycles. The Morgan fingerprint density at radius 2 is 1.88 bits per heavy atom. The predicted octanol–water partition coefficient (Wildman–Crippen LogP) is 2.82. The minimum atomic E-state index is -0.0730. The zero-order valence-corrected chi connectivity index (χ0v) is 14.4. The molecule has 1 aromatic carbocycles. The Morgan fingerprint density at radius 3 is 2.54 bits per heavy atom. The summed E-state index contributed by atoms with van der Waals surface area (Å²) in [6.45, 7) is 0. The number of rotatable bonds is 5. The lowest BCUT2D eigenvalue weighted by Crippen LogP contribution is -2.20. The Kier molecular flexibility index (Phi) is 5.12. The third kappa shape index (κ3) is 3.58. The topological polar surface area (TPSA) is 72.7 Å². The molecule has 3 rings (SSSR count). The van der Waals surface area contributed by atoms with Crippen LogP contribution in [0.3, 0.4) is 0 Å². The Balaban J connectivity index is 2.05. The van der Waals surface area contributed by atoms with Gasteiger partial charge in [0.1, 0.15) is 0 Å². The minimum absolute atomic E-state index is 0.0730. The molecule has 2 heterocycles. The van der Waals surface area contributed by atoms with Crippen LogP contribution in [-0.4, -0.2) is 38.5 Å². The smallest absolute Gasteiger partial charge is 0.230 e. The van der Waals surface area contributed by atoms with Gasteiger partial charge in [-0.2, -0.15) is 0 Å². The number of aromatic nitrogens is 4.